The molecule has 1 fully saturated rings. The van der Waals surface area contributed by atoms with E-state index in [1.54, 1.807) is 12.1 Å². The fourth-order valence-corrected chi connectivity index (χ4v) is 1.74. The summed E-state index contributed by atoms with van der Waals surface area (Å²) in [5.41, 5.74) is -0.914. The maximum absolute atomic E-state index is 12.8. The Labute approximate surface area is 85.9 Å². The van der Waals surface area contributed by atoms with Crippen LogP contribution in [0, 0.1) is 6.92 Å². The van der Waals surface area contributed by atoms with Crippen LogP contribution in [0.1, 0.15) is 17.5 Å². The molecule has 0 aliphatic carbocycles. The fourth-order valence-electron chi connectivity index (χ4n) is 1.74. The van der Waals surface area contributed by atoms with E-state index in [2.05, 4.69) is 0 Å². The van der Waals surface area contributed by atoms with Crippen LogP contribution in [0.25, 0.3) is 0 Å². The van der Waals surface area contributed by atoms with Crippen LogP contribution in [-0.4, -0.2) is 12.8 Å². The molecule has 1 aromatic rings. The van der Waals surface area contributed by atoms with Gasteiger partial charge in [-0.3, -0.25) is 0 Å². The first-order valence-electron chi connectivity index (χ1n) is 4.73. The zero-order chi connectivity index (χ0) is 11.1. The molecule has 0 N–H and O–H groups in total. The van der Waals surface area contributed by atoms with Crippen LogP contribution in [0.15, 0.2) is 24.3 Å². The minimum absolute atomic E-state index is 0.0135. The van der Waals surface area contributed by atoms with Crippen molar-refractivity contribution in [3.05, 3.63) is 35.4 Å². The lowest BCUT2D eigenvalue weighted by molar-refractivity contribution is -0.333. The molecule has 0 spiro atoms. The molecule has 0 saturated carbocycles. The number of hydrogen-bond donors (Lipinski definition) is 0. The predicted molar refractivity (Wildman–Crippen MR) is 49.5 cm³/mol. The summed E-state index contributed by atoms with van der Waals surface area (Å²) in [5, 5.41) is 0. The van der Waals surface area contributed by atoms with Crippen molar-refractivity contribution in [2.24, 2.45) is 0 Å². The fraction of sp³-hybridized carbons (Fsp3) is 0.455. The van der Waals surface area contributed by atoms with E-state index in [0.29, 0.717) is 0 Å². The molecular weight excluding hydrogens is 205 g/mol. The molecule has 0 aromatic heterocycles. The Balaban J connectivity index is 2.39. The maximum Gasteiger partial charge on any atom is 0.421 e. The minimum atomic E-state index is -4.33. The summed E-state index contributed by atoms with van der Waals surface area (Å²) in [5.74, 6) is 0. The van der Waals surface area contributed by atoms with Crippen LogP contribution in [0.5, 0.6) is 0 Å². The average molecular weight is 216 g/mol. The van der Waals surface area contributed by atoms with E-state index >= 15 is 0 Å². The van der Waals surface area contributed by atoms with Gasteiger partial charge in [0.2, 0.25) is 0 Å². The zero-order valence-electron chi connectivity index (χ0n) is 8.27. The summed E-state index contributed by atoms with van der Waals surface area (Å²) in [6, 6.07) is 6.32. The third kappa shape index (κ3) is 1.53. The highest BCUT2D eigenvalue weighted by atomic mass is 19.4. The largest absolute Gasteiger partial charge is 0.421 e. The van der Waals surface area contributed by atoms with Gasteiger partial charge < -0.3 is 4.74 Å². The van der Waals surface area contributed by atoms with Gasteiger partial charge in [-0.15, -0.1) is 0 Å². The number of halogens is 3. The highest BCUT2D eigenvalue weighted by Crippen LogP contribution is 2.49. The van der Waals surface area contributed by atoms with Gasteiger partial charge >= 0.3 is 6.18 Å². The number of rotatable bonds is 1. The molecule has 1 aromatic carbocycles. The second kappa shape index (κ2) is 3.23. The molecule has 1 saturated heterocycles. The highest BCUT2D eigenvalue weighted by molar-refractivity contribution is 5.29. The van der Waals surface area contributed by atoms with Crippen molar-refractivity contribution in [3.63, 3.8) is 0 Å². The zero-order valence-corrected chi connectivity index (χ0v) is 8.27. The standard InChI is InChI=1S/C11H11F3O/c1-8-2-4-9(5-3-8)10(6-7-15-10)11(12,13)14/h2-5H,6-7H2,1H3. The molecule has 1 atom stereocenters. The molecule has 1 aliphatic heterocycles. The Kier molecular flexibility index (Phi) is 2.26. The van der Waals surface area contributed by atoms with Crippen molar-refractivity contribution in [1.29, 1.82) is 0 Å². The minimum Gasteiger partial charge on any atom is -0.361 e. The topological polar surface area (TPSA) is 9.23 Å². The van der Waals surface area contributed by atoms with Gasteiger partial charge in [0, 0.05) is 6.42 Å². The van der Waals surface area contributed by atoms with Crippen molar-refractivity contribution in [3.8, 4) is 0 Å². The molecule has 0 radical (unpaired) electrons. The van der Waals surface area contributed by atoms with E-state index in [1.807, 2.05) is 6.92 Å². The quantitative estimate of drug-likeness (QED) is 0.700. The summed E-state index contributed by atoms with van der Waals surface area (Å²) >= 11 is 0. The Morgan fingerprint density at radius 3 is 2.07 bits per heavy atom. The summed E-state index contributed by atoms with van der Waals surface area (Å²) in [7, 11) is 0. The van der Waals surface area contributed by atoms with Gasteiger partial charge in [-0.1, -0.05) is 29.8 Å². The van der Waals surface area contributed by atoms with Gasteiger partial charge in [-0.25, -0.2) is 0 Å². The molecule has 1 unspecified atom stereocenters. The SMILES string of the molecule is Cc1ccc(C2(C(F)(F)F)CCO2)cc1. The second-order valence-corrected chi connectivity index (χ2v) is 3.79. The van der Waals surface area contributed by atoms with Crippen LogP contribution in [-0.2, 0) is 10.3 Å². The van der Waals surface area contributed by atoms with E-state index in [4.69, 9.17) is 4.74 Å². The number of ether oxygens (including phenoxy) is 1. The average Bonchev–Trinajstić information content (AvgIpc) is 2.03. The highest BCUT2D eigenvalue weighted by Gasteiger charge is 2.61. The molecule has 1 heterocycles. The van der Waals surface area contributed by atoms with E-state index in [-0.39, 0.29) is 18.6 Å². The van der Waals surface area contributed by atoms with Crippen LogP contribution in [0.2, 0.25) is 0 Å². The Morgan fingerprint density at radius 2 is 1.73 bits per heavy atom. The number of hydrogen-bond acceptors (Lipinski definition) is 1. The summed E-state index contributed by atoms with van der Waals surface area (Å²) in [6.45, 7) is 2.01. The van der Waals surface area contributed by atoms with Gasteiger partial charge in [0.05, 0.1) is 6.61 Å². The number of aryl methyl sites for hydroxylation is 1. The Bertz CT molecular complexity index is 349. The number of alkyl halides is 3. The first-order valence-corrected chi connectivity index (χ1v) is 4.73. The maximum atomic E-state index is 12.8. The van der Waals surface area contributed by atoms with Gasteiger partial charge in [0.1, 0.15) is 0 Å². The van der Waals surface area contributed by atoms with Crippen molar-refractivity contribution in [2.45, 2.75) is 25.1 Å². The Morgan fingerprint density at radius 1 is 1.20 bits per heavy atom. The van der Waals surface area contributed by atoms with E-state index in [0.717, 1.165) is 5.56 Å². The lowest BCUT2D eigenvalue weighted by Crippen LogP contribution is -2.52. The lowest BCUT2D eigenvalue weighted by Gasteiger charge is -2.43. The van der Waals surface area contributed by atoms with Crippen LogP contribution >= 0.6 is 0 Å². The van der Waals surface area contributed by atoms with E-state index in [1.165, 1.54) is 12.1 Å². The molecule has 0 bridgehead atoms. The van der Waals surface area contributed by atoms with Gasteiger partial charge in [-0.05, 0) is 12.5 Å². The second-order valence-electron chi connectivity index (χ2n) is 3.79. The third-order valence-corrected chi connectivity index (χ3v) is 2.78. The molecule has 0 amide bonds. The monoisotopic (exact) mass is 216 g/mol. The molecule has 2 rings (SSSR count). The normalized spacial score (nSPS) is 26.1. The molecular formula is C11H11F3O. The summed E-state index contributed by atoms with van der Waals surface area (Å²) < 4.78 is 43.2. The predicted octanol–water partition coefficient (Wildman–Crippen LogP) is 3.17. The van der Waals surface area contributed by atoms with Crippen molar-refractivity contribution in [2.75, 3.05) is 6.61 Å². The smallest absolute Gasteiger partial charge is 0.361 e. The van der Waals surface area contributed by atoms with Crippen molar-refractivity contribution < 1.29 is 17.9 Å². The summed E-state index contributed by atoms with van der Waals surface area (Å²) in [4.78, 5) is 0. The molecule has 15 heavy (non-hydrogen) atoms. The van der Waals surface area contributed by atoms with Crippen LogP contribution < -0.4 is 0 Å². The molecule has 1 aliphatic rings. The lowest BCUT2D eigenvalue weighted by atomic mass is 9.85. The van der Waals surface area contributed by atoms with E-state index in [9.17, 15) is 13.2 Å². The first kappa shape index (κ1) is 10.5. The first-order chi connectivity index (χ1) is 6.96. The van der Waals surface area contributed by atoms with Gasteiger partial charge in [0.25, 0.3) is 0 Å². The third-order valence-electron chi connectivity index (χ3n) is 2.78. The van der Waals surface area contributed by atoms with Gasteiger partial charge in [-0.2, -0.15) is 13.2 Å². The number of benzene rings is 1. The summed E-state index contributed by atoms with van der Waals surface area (Å²) in [6.07, 6.45) is -4.32. The van der Waals surface area contributed by atoms with Crippen LogP contribution in [0.4, 0.5) is 13.2 Å². The van der Waals surface area contributed by atoms with Crippen molar-refractivity contribution in [1.82, 2.24) is 0 Å². The Hall–Kier alpha value is -1.03. The van der Waals surface area contributed by atoms with Crippen LogP contribution in [0.3, 0.4) is 0 Å². The molecule has 4 heteroatoms. The van der Waals surface area contributed by atoms with E-state index < -0.39 is 11.8 Å². The molecule has 1 nitrogen and oxygen atoms in total. The molecule has 82 valence electrons. The van der Waals surface area contributed by atoms with Crippen molar-refractivity contribution >= 4 is 0 Å². The van der Waals surface area contributed by atoms with Gasteiger partial charge in [0.15, 0.2) is 5.60 Å².